The van der Waals surface area contributed by atoms with Gasteiger partial charge in [0.1, 0.15) is 0 Å². The van der Waals surface area contributed by atoms with Gasteiger partial charge in [-0.2, -0.15) is 4.74 Å². The molecule has 0 fully saturated rings. The van der Waals surface area contributed by atoms with Gasteiger partial charge in [-0.1, -0.05) is 71.9 Å². The van der Waals surface area contributed by atoms with Crippen LogP contribution in [0.3, 0.4) is 0 Å². The van der Waals surface area contributed by atoms with Gasteiger partial charge in [0.05, 0.1) is 25.4 Å². The fourth-order valence-electron chi connectivity index (χ4n) is 4.15. The van der Waals surface area contributed by atoms with E-state index in [9.17, 15) is 10.0 Å². The Labute approximate surface area is 223 Å². The second-order valence-corrected chi connectivity index (χ2v) is 9.46. The minimum absolute atomic E-state index is 0.149. The van der Waals surface area contributed by atoms with Crippen LogP contribution in [0, 0.1) is 5.21 Å². The van der Waals surface area contributed by atoms with E-state index in [0.29, 0.717) is 29.7 Å². The molecule has 1 atom stereocenters. The first kappa shape index (κ1) is 26.6. The van der Waals surface area contributed by atoms with Crippen LogP contribution in [0.1, 0.15) is 30.2 Å². The standard InChI is InChI=1S/C30H33N5O3/c1-30(24-33(2)28-18-10-5-11-19-28,35(37)22-26-15-8-4-9-16-26)29(36)38-20-12-17-27-23-34(32-31-27)21-25-13-6-3-7-14-25/h3-11,13-16,18-19,22-23H,12,17,20-21,24H2,1-2H3/b35-22-. The molecule has 0 saturated carbocycles. The summed E-state index contributed by atoms with van der Waals surface area (Å²) in [5.74, 6) is -0.574. The van der Waals surface area contributed by atoms with Crippen molar-refractivity contribution in [1.29, 1.82) is 0 Å². The van der Waals surface area contributed by atoms with Gasteiger partial charge >= 0.3 is 5.97 Å². The zero-order valence-corrected chi connectivity index (χ0v) is 21.8. The van der Waals surface area contributed by atoms with Gasteiger partial charge in [-0.05, 0) is 42.7 Å². The third kappa shape index (κ3) is 7.06. The van der Waals surface area contributed by atoms with Gasteiger partial charge in [-0.3, -0.25) is 0 Å². The van der Waals surface area contributed by atoms with Crippen molar-refractivity contribution >= 4 is 17.9 Å². The van der Waals surface area contributed by atoms with Gasteiger partial charge < -0.3 is 14.8 Å². The third-order valence-electron chi connectivity index (χ3n) is 6.32. The first-order chi connectivity index (χ1) is 18.4. The minimum atomic E-state index is -1.46. The zero-order chi connectivity index (χ0) is 26.8. The molecule has 0 saturated heterocycles. The van der Waals surface area contributed by atoms with Gasteiger partial charge in [-0.25, -0.2) is 9.48 Å². The summed E-state index contributed by atoms with van der Waals surface area (Å²) in [6, 6.07) is 28.9. The van der Waals surface area contributed by atoms with E-state index in [-0.39, 0.29) is 13.2 Å². The van der Waals surface area contributed by atoms with Crippen molar-refractivity contribution in [3.8, 4) is 0 Å². The van der Waals surface area contributed by atoms with Gasteiger partial charge in [-0.15, -0.1) is 5.10 Å². The summed E-state index contributed by atoms with van der Waals surface area (Å²) in [4.78, 5) is 15.2. The summed E-state index contributed by atoms with van der Waals surface area (Å²) in [6.07, 6.45) is 4.52. The molecule has 1 heterocycles. The highest BCUT2D eigenvalue weighted by Gasteiger charge is 2.45. The van der Waals surface area contributed by atoms with Crippen molar-refractivity contribution < 1.29 is 14.3 Å². The number of hydroxylamine groups is 1. The normalized spacial score (nSPS) is 13.1. The summed E-state index contributed by atoms with van der Waals surface area (Å²) in [7, 11) is 1.86. The molecule has 0 spiro atoms. The fourth-order valence-corrected chi connectivity index (χ4v) is 4.15. The predicted molar refractivity (Wildman–Crippen MR) is 148 cm³/mol. The van der Waals surface area contributed by atoms with Crippen LogP contribution in [0.2, 0.25) is 0 Å². The number of esters is 1. The molecule has 0 aliphatic heterocycles. The number of likely N-dealkylation sites (N-methyl/N-ethyl adjacent to an activating group) is 1. The fraction of sp³-hybridized carbons (Fsp3) is 0.267. The van der Waals surface area contributed by atoms with Crippen LogP contribution in [0.15, 0.2) is 97.2 Å². The quantitative estimate of drug-likeness (QED) is 0.0703. The number of anilines is 1. The molecule has 3 aromatic carbocycles. The molecular weight excluding hydrogens is 478 g/mol. The largest absolute Gasteiger partial charge is 0.623 e. The zero-order valence-electron chi connectivity index (χ0n) is 21.8. The van der Waals surface area contributed by atoms with Crippen molar-refractivity contribution in [2.75, 3.05) is 25.1 Å². The molecule has 8 nitrogen and oxygen atoms in total. The van der Waals surface area contributed by atoms with E-state index >= 15 is 0 Å². The lowest BCUT2D eigenvalue weighted by Gasteiger charge is -2.31. The van der Waals surface area contributed by atoms with Crippen molar-refractivity contribution in [1.82, 2.24) is 15.0 Å². The molecule has 0 radical (unpaired) electrons. The molecule has 0 aliphatic carbocycles. The Morgan fingerprint density at radius 2 is 1.66 bits per heavy atom. The Balaban J connectivity index is 1.39. The van der Waals surface area contributed by atoms with Crippen molar-refractivity contribution in [2.24, 2.45) is 0 Å². The Hall–Kier alpha value is -4.46. The van der Waals surface area contributed by atoms with Crippen molar-refractivity contribution in [3.05, 3.63) is 119 Å². The number of para-hydroxylation sites is 1. The smallest absolute Gasteiger partial charge is 0.381 e. The van der Waals surface area contributed by atoms with Crippen LogP contribution < -0.4 is 4.90 Å². The van der Waals surface area contributed by atoms with Crippen LogP contribution in [0.25, 0.3) is 0 Å². The number of ether oxygens (including phenoxy) is 1. The number of aryl methyl sites for hydroxylation is 1. The molecular formula is C30H33N5O3. The summed E-state index contributed by atoms with van der Waals surface area (Å²) in [5, 5.41) is 21.8. The highest BCUT2D eigenvalue weighted by Crippen LogP contribution is 2.20. The molecule has 0 amide bonds. The average molecular weight is 512 g/mol. The Kier molecular flexibility index (Phi) is 8.87. The Bertz CT molecular complexity index is 1330. The predicted octanol–water partition coefficient (Wildman–Crippen LogP) is 4.33. The highest BCUT2D eigenvalue weighted by molar-refractivity contribution is 5.82. The topological polar surface area (TPSA) is 86.3 Å². The third-order valence-corrected chi connectivity index (χ3v) is 6.32. The molecule has 196 valence electrons. The number of nitrogens with zero attached hydrogens (tertiary/aromatic N) is 5. The molecule has 0 N–H and O–H groups in total. The molecule has 0 aliphatic rings. The maximum atomic E-state index is 13.4. The first-order valence-corrected chi connectivity index (χ1v) is 12.7. The van der Waals surface area contributed by atoms with E-state index in [1.165, 1.54) is 6.21 Å². The Morgan fingerprint density at radius 1 is 1.03 bits per heavy atom. The van der Waals surface area contributed by atoms with Crippen LogP contribution in [-0.4, -0.2) is 57.7 Å². The Morgan fingerprint density at radius 3 is 2.34 bits per heavy atom. The van der Waals surface area contributed by atoms with Gasteiger partial charge in [0, 0.05) is 31.4 Å². The lowest BCUT2D eigenvalue weighted by atomic mass is 10.0. The summed E-state index contributed by atoms with van der Waals surface area (Å²) >= 11 is 0. The van der Waals surface area contributed by atoms with Crippen LogP contribution in [0.4, 0.5) is 5.69 Å². The number of rotatable bonds is 12. The maximum absolute atomic E-state index is 13.4. The maximum Gasteiger partial charge on any atom is 0.381 e. The first-order valence-electron chi connectivity index (χ1n) is 12.7. The molecule has 38 heavy (non-hydrogen) atoms. The van der Waals surface area contributed by atoms with Gasteiger partial charge in [0.15, 0.2) is 6.21 Å². The lowest BCUT2D eigenvalue weighted by Crippen LogP contribution is -2.54. The van der Waals surface area contributed by atoms with E-state index in [4.69, 9.17) is 4.74 Å². The van der Waals surface area contributed by atoms with E-state index in [0.717, 1.165) is 16.9 Å². The van der Waals surface area contributed by atoms with E-state index in [2.05, 4.69) is 10.3 Å². The van der Waals surface area contributed by atoms with Crippen molar-refractivity contribution in [3.63, 3.8) is 0 Å². The van der Waals surface area contributed by atoms with Crippen LogP contribution in [-0.2, 0) is 22.5 Å². The summed E-state index contributed by atoms with van der Waals surface area (Å²) in [5.41, 5.74) is 2.12. The molecule has 4 rings (SSSR count). The average Bonchev–Trinajstić information content (AvgIpc) is 3.39. The van der Waals surface area contributed by atoms with E-state index in [1.807, 2.05) is 109 Å². The number of hydrogen-bond acceptors (Lipinski definition) is 6. The number of aromatic nitrogens is 3. The van der Waals surface area contributed by atoms with Crippen molar-refractivity contribution in [2.45, 2.75) is 31.8 Å². The summed E-state index contributed by atoms with van der Waals surface area (Å²) in [6.45, 7) is 2.59. The minimum Gasteiger partial charge on any atom is -0.623 e. The SMILES string of the molecule is CN(CC(C)(C(=O)OCCCc1cn(Cc2ccccc2)nn1)/[N+]([O-])=C/c1ccccc1)c1ccccc1. The molecule has 0 bridgehead atoms. The second kappa shape index (κ2) is 12.7. The lowest BCUT2D eigenvalue weighted by molar-refractivity contribution is -0.523. The number of hydrogen-bond donors (Lipinski definition) is 0. The van der Waals surface area contributed by atoms with Gasteiger partial charge in [0.25, 0.3) is 5.54 Å². The number of benzene rings is 3. The van der Waals surface area contributed by atoms with E-state index in [1.54, 1.807) is 11.6 Å². The second-order valence-electron chi connectivity index (χ2n) is 9.46. The highest BCUT2D eigenvalue weighted by atomic mass is 16.5. The van der Waals surface area contributed by atoms with Crippen LogP contribution >= 0.6 is 0 Å². The number of carbonyl (C=O) groups excluding carboxylic acids is 1. The summed E-state index contributed by atoms with van der Waals surface area (Å²) < 4.78 is 8.15. The molecule has 4 aromatic rings. The van der Waals surface area contributed by atoms with Gasteiger partial charge in [0.2, 0.25) is 0 Å². The van der Waals surface area contributed by atoms with Crippen LogP contribution in [0.5, 0.6) is 0 Å². The van der Waals surface area contributed by atoms with E-state index < -0.39 is 11.5 Å². The molecule has 1 aromatic heterocycles. The molecule has 8 heteroatoms. The number of carbonyl (C=O) groups is 1. The molecule has 1 unspecified atom stereocenters. The monoisotopic (exact) mass is 511 g/mol.